The minimum absolute atomic E-state index is 0.0639. The molecule has 0 radical (unpaired) electrons. The summed E-state index contributed by atoms with van der Waals surface area (Å²) in [6, 6.07) is 8.30. The third kappa shape index (κ3) is 13.5. The van der Waals surface area contributed by atoms with Gasteiger partial charge in [0.2, 0.25) is 0 Å². The third-order valence-electron chi connectivity index (χ3n) is 3.89. The minimum atomic E-state index is -0.0639. The maximum Gasteiger partial charge on any atom is 0.144 e. The molecule has 0 amide bonds. The number of rotatable bonds is 14. The molecule has 1 rings (SSSR count). The minimum Gasteiger partial charge on any atom is -0.396 e. The number of hydrogen-bond donors (Lipinski definition) is 2. The van der Waals surface area contributed by atoms with Crippen LogP contribution in [-0.4, -0.2) is 67.1 Å². The molecule has 7 heteroatoms. The summed E-state index contributed by atoms with van der Waals surface area (Å²) in [6.45, 7) is 7.07. The van der Waals surface area contributed by atoms with Gasteiger partial charge in [-0.3, -0.25) is 9.80 Å². The molecule has 0 aliphatic rings. The van der Waals surface area contributed by atoms with E-state index in [1.165, 1.54) is 11.6 Å². The number of nitrogens with zero attached hydrogens (tertiary/aromatic N) is 4. The van der Waals surface area contributed by atoms with Crippen LogP contribution in [0.25, 0.3) is 0 Å². The Kier molecular flexibility index (Phi) is 16.7. The first-order valence-electron chi connectivity index (χ1n) is 10.6. The lowest BCUT2D eigenvalue weighted by Crippen LogP contribution is -2.25. The second kappa shape index (κ2) is 18.4. The average Bonchev–Trinajstić information content (AvgIpc) is 2.77. The van der Waals surface area contributed by atoms with Crippen LogP contribution in [0.5, 0.6) is 0 Å². The van der Waals surface area contributed by atoms with Crippen LogP contribution in [0.15, 0.2) is 46.7 Å². The SMILES string of the molecule is CC.CC(/C=N\N(C)C)N(/C=C\C=O)/N=C/CCc1ccc(NCCCCO)cc1. The Morgan fingerprint density at radius 3 is 2.43 bits per heavy atom. The number of benzene rings is 1. The van der Waals surface area contributed by atoms with Gasteiger partial charge in [0.15, 0.2) is 0 Å². The van der Waals surface area contributed by atoms with Gasteiger partial charge in [0, 0.05) is 51.6 Å². The van der Waals surface area contributed by atoms with Crippen LogP contribution in [0.1, 0.15) is 45.6 Å². The molecule has 1 unspecified atom stereocenters. The summed E-state index contributed by atoms with van der Waals surface area (Å²) in [5, 5.41) is 24.2. The zero-order chi connectivity index (χ0) is 22.6. The first-order chi connectivity index (χ1) is 14.6. The molecule has 0 bridgehead atoms. The molecule has 0 fully saturated rings. The Morgan fingerprint density at radius 2 is 1.83 bits per heavy atom. The molecule has 2 N–H and O–H groups in total. The van der Waals surface area contributed by atoms with E-state index in [9.17, 15) is 4.79 Å². The fraction of sp³-hybridized carbons (Fsp3) is 0.522. The van der Waals surface area contributed by atoms with E-state index in [1.807, 2.05) is 41.1 Å². The second-order valence-corrected chi connectivity index (χ2v) is 6.60. The molecular weight excluding hydrogens is 378 g/mol. The van der Waals surface area contributed by atoms with Gasteiger partial charge < -0.3 is 15.4 Å². The molecule has 1 aromatic carbocycles. The Balaban J connectivity index is 0.00000407. The molecule has 0 saturated heterocycles. The number of aliphatic hydroxyl groups is 1. The Bertz CT molecular complexity index is 627. The average molecular weight is 418 g/mol. The molecule has 1 atom stereocenters. The normalized spacial score (nSPS) is 12.1. The van der Waals surface area contributed by atoms with Gasteiger partial charge in [0.25, 0.3) is 0 Å². The summed E-state index contributed by atoms with van der Waals surface area (Å²) >= 11 is 0. The van der Waals surface area contributed by atoms with E-state index in [1.54, 1.807) is 22.4 Å². The molecule has 0 aliphatic carbocycles. The summed E-state index contributed by atoms with van der Waals surface area (Å²) in [4.78, 5) is 10.6. The Labute approximate surface area is 182 Å². The van der Waals surface area contributed by atoms with Crippen LogP contribution < -0.4 is 5.32 Å². The lowest BCUT2D eigenvalue weighted by molar-refractivity contribution is -0.104. The van der Waals surface area contributed by atoms with E-state index in [-0.39, 0.29) is 12.6 Å². The fourth-order valence-electron chi connectivity index (χ4n) is 2.34. The first kappa shape index (κ1) is 27.3. The highest BCUT2D eigenvalue weighted by atomic mass is 16.2. The third-order valence-corrected chi connectivity index (χ3v) is 3.89. The fourth-order valence-corrected chi connectivity index (χ4v) is 2.34. The molecule has 7 nitrogen and oxygen atoms in total. The molecule has 168 valence electrons. The van der Waals surface area contributed by atoms with E-state index >= 15 is 0 Å². The van der Waals surface area contributed by atoms with Gasteiger partial charge in [-0.25, -0.2) is 0 Å². The van der Waals surface area contributed by atoms with E-state index in [4.69, 9.17) is 5.11 Å². The molecule has 0 aromatic heterocycles. The summed E-state index contributed by atoms with van der Waals surface area (Å²) in [6.07, 6.45) is 10.9. The van der Waals surface area contributed by atoms with Crippen molar-refractivity contribution in [3.63, 3.8) is 0 Å². The number of hydrazone groups is 2. The van der Waals surface area contributed by atoms with E-state index in [0.717, 1.165) is 44.2 Å². The zero-order valence-electron chi connectivity index (χ0n) is 19.2. The number of unbranched alkanes of at least 4 members (excludes halogenated alkanes) is 1. The predicted octanol–water partition coefficient (Wildman–Crippen LogP) is 3.77. The van der Waals surface area contributed by atoms with Crippen molar-refractivity contribution in [2.45, 2.75) is 52.5 Å². The summed E-state index contributed by atoms with van der Waals surface area (Å²) < 4.78 is 0. The molecule has 1 aromatic rings. The van der Waals surface area contributed by atoms with E-state index in [0.29, 0.717) is 0 Å². The van der Waals surface area contributed by atoms with Crippen LogP contribution in [0.4, 0.5) is 5.69 Å². The largest absolute Gasteiger partial charge is 0.396 e. The predicted molar refractivity (Wildman–Crippen MR) is 128 cm³/mol. The summed E-state index contributed by atoms with van der Waals surface area (Å²) in [5.41, 5.74) is 2.33. The topological polar surface area (TPSA) is 80.5 Å². The Morgan fingerprint density at radius 1 is 1.13 bits per heavy atom. The van der Waals surface area contributed by atoms with Crippen LogP contribution in [0, 0.1) is 0 Å². The van der Waals surface area contributed by atoms with E-state index in [2.05, 4.69) is 39.8 Å². The quantitative estimate of drug-likeness (QED) is 0.158. The smallest absolute Gasteiger partial charge is 0.144 e. The van der Waals surface area contributed by atoms with Gasteiger partial charge >= 0.3 is 0 Å². The van der Waals surface area contributed by atoms with Crippen molar-refractivity contribution in [1.82, 2.24) is 10.0 Å². The maximum absolute atomic E-state index is 10.6. The van der Waals surface area contributed by atoms with Crippen LogP contribution in [0.3, 0.4) is 0 Å². The highest BCUT2D eigenvalue weighted by molar-refractivity contribution is 5.67. The van der Waals surface area contributed by atoms with Crippen molar-refractivity contribution in [3.8, 4) is 0 Å². The van der Waals surface area contributed by atoms with E-state index < -0.39 is 0 Å². The van der Waals surface area contributed by atoms with Gasteiger partial charge in [-0.1, -0.05) is 26.0 Å². The molecule has 0 spiro atoms. The monoisotopic (exact) mass is 417 g/mol. The summed E-state index contributed by atoms with van der Waals surface area (Å²) in [5.74, 6) is 0. The number of hydrogen-bond acceptors (Lipinski definition) is 7. The number of aryl methyl sites for hydroxylation is 1. The Hall–Kier alpha value is -2.67. The highest BCUT2D eigenvalue weighted by Gasteiger charge is 2.05. The number of anilines is 1. The van der Waals surface area contributed by atoms with Gasteiger partial charge in [-0.05, 0) is 56.4 Å². The lowest BCUT2D eigenvalue weighted by Gasteiger charge is -2.19. The van der Waals surface area contributed by atoms with Crippen molar-refractivity contribution < 1.29 is 9.90 Å². The van der Waals surface area contributed by atoms with Crippen molar-refractivity contribution >= 4 is 24.4 Å². The lowest BCUT2D eigenvalue weighted by atomic mass is 10.1. The van der Waals surface area contributed by atoms with Crippen LogP contribution in [-0.2, 0) is 11.2 Å². The summed E-state index contributed by atoms with van der Waals surface area (Å²) in [7, 11) is 3.71. The number of carbonyl (C=O) groups is 1. The maximum atomic E-state index is 10.6. The van der Waals surface area contributed by atoms with Crippen LogP contribution >= 0.6 is 0 Å². The number of carbonyl (C=O) groups excluding carboxylic acids is 1. The van der Waals surface area contributed by atoms with Crippen LogP contribution in [0.2, 0.25) is 0 Å². The van der Waals surface area contributed by atoms with Gasteiger partial charge in [0.05, 0.1) is 6.04 Å². The van der Waals surface area contributed by atoms with Gasteiger partial charge in [0.1, 0.15) is 6.29 Å². The van der Waals surface area contributed by atoms with Crippen molar-refractivity contribution in [3.05, 3.63) is 42.1 Å². The second-order valence-electron chi connectivity index (χ2n) is 6.60. The molecule has 30 heavy (non-hydrogen) atoms. The molecule has 0 aliphatic heterocycles. The molecular formula is C23H39N5O2. The van der Waals surface area contributed by atoms with Crippen molar-refractivity contribution in [2.75, 3.05) is 32.6 Å². The molecule has 0 saturated carbocycles. The van der Waals surface area contributed by atoms with Gasteiger partial charge in [-0.15, -0.1) is 0 Å². The number of allylic oxidation sites excluding steroid dienone is 1. The van der Waals surface area contributed by atoms with Crippen molar-refractivity contribution in [1.29, 1.82) is 0 Å². The first-order valence-corrected chi connectivity index (χ1v) is 10.6. The zero-order valence-corrected chi connectivity index (χ0v) is 19.2. The number of aliphatic hydroxyl groups excluding tert-OH is 1. The van der Waals surface area contributed by atoms with Crippen molar-refractivity contribution in [2.24, 2.45) is 10.2 Å². The number of aldehydes is 1. The molecule has 0 heterocycles. The standard InChI is InChI=1S/C21H33N5O2.C2H6/c1-19(18-24-25(2)3)26(15-7-17-28)23-14-6-8-20-9-11-21(12-10-20)22-13-4-5-16-27;1-2/h7,9-12,14-15,17-19,22,27H,4-6,8,13,16H2,1-3H3;1-2H3/b15-7-,23-14+,24-18-;. The number of nitrogens with one attached hydrogen (secondary N) is 1. The van der Waals surface area contributed by atoms with Gasteiger partial charge in [-0.2, -0.15) is 10.2 Å². The highest BCUT2D eigenvalue weighted by Crippen LogP contribution is 2.11.